The van der Waals surface area contributed by atoms with Crippen LogP contribution in [0.1, 0.15) is 20.3 Å². The molecule has 0 heterocycles. The molecule has 0 aliphatic rings. The Kier molecular flexibility index (Phi) is 4.26. The molecule has 0 aromatic heterocycles. The van der Waals surface area contributed by atoms with Gasteiger partial charge < -0.3 is 17.7 Å². The Balaban J connectivity index is 2.48. The standard InChI is InChI=1S/C15H17BF3O/c1-3-11(2)10-20-14-9-8-12-6-4-5-7-13(12)15(14)16(17,18)19/h4-9,11H,3,10H2,1-2H3/q-1. The average Bonchev–Trinajstić information content (AvgIpc) is 2.42. The van der Waals surface area contributed by atoms with E-state index in [1.54, 1.807) is 24.3 Å². The molecule has 20 heavy (non-hydrogen) atoms. The van der Waals surface area contributed by atoms with Crippen LogP contribution in [0, 0.1) is 5.92 Å². The molecular formula is C15H17BF3O-. The number of fused-ring (bicyclic) bond motifs is 1. The fourth-order valence-electron chi connectivity index (χ4n) is 2.09. The van der Waals surface area contributed by atoms with Crippen molar-refractivity contribution < 1.29 is 17.7 Å². The fourth-order valence-corrected chi connectivity index (χ4v) is 2.09. The second kappa shape index (κ2) is 5.77. The molecule has 1 unspecified atom stereocenters. The Morgan fingerprint density at radius 1 is 1.10 bits per heavy atom. The van der Waals surface area contributed by atoms with Crippen LogP contribution >= 0.6 is 0 Å². The minimum Gasteiger partial charge on any atom is -0.496 e. The first-order valence-corrected chi connectivity index (χ1v) is 6.78. The first-order chi connectivity index (χ1) is 9.43. The molecule has 0 saturated heterocycles. The van der Waals surface area contributed by atoms with E-state index in [2.05, 4.69) is 0 Å². The highest BCUT2D eigenvalue weighted by Gasteiger charge is 2.31. The Morgan fingerprint density at radius 3 is 2.45 bits per heavy atom. The topological polar surface area (TPSA) is 9.23 Å². The van der Waals surface area contributed by atoms with E-state index in [-0.39, 0.29) is 17.1 Å². The van der Waals surface area contributed by atoms with Crippen molar-refractivity contribution in [2.24, 2.45) is 5.92 Å². The Morgan fingerprint density at radius 2 is 1.80 bits per heavy atom. The van der Waals surface area contributed by atoms with Crippen LogP contribution in [0.25, 0.3) is 10.8 Å². The van der Waals surface area contributed by atoms with Gasteiger partial charge in [0.1, 0.15) is 0 Å². The van der Waals surface area contributed by atoms with Gasteiger partial charge in [0, 0.05) is 0 Å². The summed E-state index contributed by atoms with van der Waals surface area (Å²) in [5, 5.41) is 0.791. The highest BCUT2D eigenvalue weighted by Crippen LogP contribution is 2.25. The minimum absolute atomic E-state index is 0.0588. The monoisotopic (exact) mass is 281 g/mol. The van der Waals surface area contributed by atoms with Gasteiger partial charge >= 0.3 is 6.98 Å². The molecular weight excluding hydrogens is 264 g/mol. The van der Waals surface area contributed by atoms with Crippen molar-refractivity contribution in [2.45, 2.75) is 20.3 Å². The van der Waals surface area contributed by atoms with Gasteiger partial charge in [-0.25, -0.2) is 0 Å². The number of hydrogen-bond donors (Lipinski definition) is 0. The molecule has 108 valence electrons. The van der Waals surface area contributed by atoms with E-state index in [9.17, 15) is 12.9 Å². The van der Waals surface area contributed by atoms with Gasteiger partial charge in [-0.1, -0.05) is 56.1 Å². The van der Waals surface area contributed by atoms with Gasteiger partial charge in [0.25, 0.3) is 0 Å². The summed E-state index contributed by atoms with van der Waals surface area (Å²) in [6.45, 7) is -0.865. The number of hydrogen-bond acceptors (Lipinski definition) is 1. The third-order valence-corrected chi connectivity index (χ3v) is 3.48. The SMILES string of the molecule is CCC(C)COc1ccc2ccccc2c1[B-](F)(F)F. The van der Waals surface area contributed by atoms with Crippen molar-refractivity contribution in [1.82, 2.24) is 0 Å². The van der Waals surface area contributed by atoms with E-state index in [1.807, 2.05) is 13.8 Å². The first-order valence-electron chi connectivity index (χ1n) is 6.78. The van der Waals surface area contributed by atoms with E-state index >= 15 is 0 Å². The maximum absolute atomic E-state index is 13.4. The van der Waals surface area contributed by atoms with Crippen molar-refractivity contribution in [3.8, 4) is 5.75 Å². The maximum atomic E-state index is 13.4. The normalized spacial score (nSPS) is 13.4. The van der Waals surface area contributed by atoms with Crippen LogP contribution in [0.2, 0.25) is 0 Å². The summed E-state index contributed by atoms with van der Waals surface area (Å²) in [5.41, 5.74) is -0.619. The largest absolute Gasteiger partial charge is 0.513 e. The molecule has 0 saturated carbocycles. The molecule has 0 fully saturated rings. The molecule has 1 atom stereocenters. The van der Waals surface area contributed by atoms with Crippen LogP contribution in [-0.2, 0) is 0 Å². The van der Waals surface area contributed by atoms with Crippen LogP contribution in [0.4, 0.5) is 12.9 Å². The van der Waals surface area contributed by atoms with Gasteiger partial charge in [0.2, 0.25) is 0 Å². The summed E-state index contributed by atoms with van der Waals surface area (Å²) < 4.78 is 45.5. The molecule has 1 nitrogen and oxygen atoms in total. The first kappa shape index (κ1) is 14.8. The second-order valence-corrected chi connectivity index (χ2v) is 5.10. The van der Waals surface area contributed by atoms with Gasteiger partial charge in [0.15, 0.2) is 0 Å². The van der Waals surface area contributed by atoms with E-state index in [0.717, 1.165) is 6.42 Å². The quantitative estimate of drug-likeness (QED) is 0.742. The van der Waals surface area contributed by atoms with Crippen molar-refractivity contribution >= 4 is 23.2 Å². The summed E-state index contributed by atoms with van der Waals surface area (Å²) in [6, 6.07) is 9.62. The highest BCUT2D eigenvalue weighted by molar-refractivity contribution is 6.76. The predicted octanol–water partition coefficient (Wildman–Crippen LogP) is 4.32. The fraction of sp³-hybridized carbons (Fsp3) is 0.333. The molecule has 0 N–H and O–H groups in total. The number of halogens is 3. The molecule has 2 rings (SSSR count). The summed E-state index contributed by atoms with van der Waals surface area (Å²) in [7, 11) is 0. The highest BCUT2D eigenvalue weighted by atomic mass is 19.4. The third kappa shape index (κ3) is 3.08. The van der Waals surface area contributed by atoms with E-state index in [1.165, 1.54) is 12.1 Å². The van der Waals surface area contributed by atoms with Gasteiger partial charge in [0.05, 0.1) is 12.4 Å². The van der Waals surface area contributed by atoms with Crippen LogP contribution in [0.3, 0.4) is 0 Å². The Bertz CT molecular complexity index is 595. The maximum Gasteiger partial charge on any atom is 0.513 e. The molecule has 0 aliphatic carbocycles. The van der Waals surface area contributed by atoms with Crippen molar-refractivity contribution in [3.63, 3.8) is 0 Å². The zero-order chi connectivity index (χ0) is 14.8. The zero-order valence-electron chi connectivity index (χ0n) is 11.6. The van der Waals surface area contributed by atoms with Gasteiger partial charge in [-0.05, 0) is 22.8 Å². The Labute approximate surface area is 116 Å². The number of ether oxygens (including phenoxy) is 1. The summed E-state index contributed by atoms with van der Waals surface area (Å²) in [6.07, 6.45) is 0.875. The lowest BCUT2D eigenvalue weighted by Gasteiger charge is -2.23. The van der Waals surface area contributed by atoms with E-state index in [4.69, 9.17) is 4.74 Å². The zero-order valence-corrected chi connectivity index (χ0v) is 11.6. The summed E-state index contributed by atoms with van der Waals surface area (Å²) >= 11 is 0. The Hall–Kier alpha value is -1.65. The van der Waals surface area contributed by atoms with Crippen molar-refractivity contribution in [3.05, 3.63) is 36.4 Å². The van der Waals surface area contributed by atoms with Crippen LogP contribution in [0.15, 0.2) is 36.4 Å². The average molecular weight is 281 g/mol. The van der Waals surface area contributed by atoms with Gasteiger partial charge in [-0.2, -0.15) is 0 Å². The van der Waals surface area contributed by atoms with Crippen molar-refractivity contribution in [1.29, 1.82) is 0 Å². The molecule has 0 spiro atoms. The van der Waals surface area contributed by atoms with Gasteiger partial charge in [-0.15, -0.1) is 0 Å². The number of rotatable bonds is 5. The van der Waals surface area contributed by atoms with Gasteiger partial charge in [-0.3, -0.25) is 0 Å². The van der Waals surface area contributed by atoms with Crippen LogP contribution in [-0.4, -0.2) is 13.6 Å². The smallest absolute Gasteiger partial charge is 0.496 e. The lowest BCUT2D eigenvalue weighted by atomic mass is 9.76. The lowest BCUT2D eigenvalue weighted by molar-refractivity contribution is 0.257. The predicted molar refractivity (Wildman–Crippen MR) is 77.6 cm³/mol. The second-order valence-electron chi connectivity index (χ2n) is 5.10. The molecule has 0 radical (unpaired) electrons. The van der Waals surface area contributed by atoms with E-state index in [0.29, 0.717) is 12.0 Å². The third-order valence-electron chi connectivity index (χ3n) is 3.48. The summed E-state index contributed by atoms with van der Waals surface area (Å²) in [5.74, 6) is 0.173. The number of benzene rings is 2. The van der Waals surface area contributed by atoms with Crippen LogP contribution < -0.4 is 10.2 Å². The molecule has 0 aliphatic heterocycles. The van der Waals surface area contributed by atoms with Crippen LogP contribution in [0.5, 0.6) is 5.75 Å². The lowest BCUT2D eigenvalue weighted by Crippen LogP contribution is -2.36. The molecule has 2 aromatic rings. The molecule has 5 heteroatoms. The van der Waals surface area contributed by atoms with E-state index < -0.39 is 12.4 Å². The molecule has 2 aromatic carbocycles. The minimum atomic E-state index is -5.11. The molecule has 0 amide bonds. The molecule has 0 bridgehead atoms. The van der Waals surface area contributed by atoms with Crippen molar-refractivity contribution in [2.75, 3.05) is 6.61 Å². The summed E-state index contributed by atoms with van der Waals surface area (Å²) in [4.78, 5) is 0.